The summed E-state index contributed by atoms with van der Waals surface area (Å²) < 4.78 is 25.3. The van der Waals surface area contributed by atoms with E-state index in [0.29, 0.717) is 50.7 Å². The second-order valence-corrected chi connectivity index (χ2v) is 16.4. The number of aliphatic hydroxyl groups is 1. The number of aromatic nitrogens is 2. The molecule has 0 aliphatic carbocycles. The number of benzene rings is 4. The van der Waals surface area contributed by atoms with Crippen LogP contribution in [-0.4, -0.2) is 71.1 Å². The third-order valence-corrected chi connectivity index (χ3v) is 11.6. The van der Waals surface area contributed by atoms with Crippen LogP contribution in [0.5, 0.6) is 23.0 Å². The molecule has 0 saturated heterocycles. The second-order valence-electron chi connectivity index (χ2n) is 15.6. The summed E-state index contributed by atoms with van der Waals surface area (Å²) in [6.07, 6.45) is 8.36. The van der Waals surface area contributed by atoms with Crippen molar-refractivity contribution < 1.29 is 34.0 Å². The lowest BCUT2D eigenvalue weighted by atomic mass is 9.92. The summed E-state index contributed by atoms with van der Waals surface area (Å²) in [5.74, 6) is 0.889. The Morgan fingerprint density at radius 3 is 1.88 bits per heavy atom. The number of aliphatic imine (C=N–C) groups is 1. The smallest absolute Gasteiger partial charge is 0.321 e. The molecule has 6 rings (SSSR count). The zero-order chi connectivity index (χ0) is 47.2. The lowest BCUT2D eigenvalue weighted by molar-refractivity contribution is -0.143. The van der Waals surface area contributed by atoms with E-state index in [9.17, 15) is 20.3 Å². The van der Waals surface area contributed by atoms with Gasteiger partial charge in [-0.15, -0.1) is 0 Å². The van der Waals surface area contributed by atoms with Crippen molar-refractivity contribution in [3.63, 3.8) is 0 Å². The topological polar surface area (TPSA) is 172 Å². The van der Waals surface area contributed by atoms with Crippen LogP contribution in [-0.2, 0) is 44.3 Å². The maximum Gasteiger partial charge on any atom is 0.321 e. The Hall–Kier alpha value is -6.53. The van der Waals surface area contributed by atoms with Gasteiger partial charge in [0.25, 0.3) is 0 Å². The number of carboxylic acid groups (broad SMARTS) is 1. The molecule has 0 aliphatic rings. The molecule has 342 valence electrons. The van der Waals surface area contributed by atoms with E-state index in [-0.39, 0.29) is 46.0 Å². The van der Waals surface area contributed by atoms with E-state index in [1.54, 1.807) is 68.1 Å². The molecule has 0 spiro atoms. The molecule has 66 heavy (non-hydrogen) atoms. The average Bonchev–Trinajstić information content (AvgIpc) is 3.30. The highest BCUT2D eigenvalue weighted by Gasteiger charge is 2.24. The third-order valence-electron chi connectivity index (χ3n) is 11.0. The largest absolute Gasteiger partial charge is 0.488 e. The van der Waals surface area contributed by atoms with Crippen LogP contribution < -0.4 is 24.3 Å². The SMILES string of the molecule is CN=Cc1cncc(COc2cc(OCc3cccc(-c4cccc(COc5cc(OCc6cncc(C#N)c6)c(CNC)cc5Cl)c4C)c3C)c(Cl)cc2CN(C)C(CCO)C(=O)O)c1. The van der Waals surface area contributed by atoms with Crippen molar-refractivity contribution in [3.8, 4) is 40.2 Å². The van der Waals surface area contributed by atoms with Gasteiger partial charge in [-0.05, 0) is 92.0 Å². The van der Waals surface area contributed by atoms with Crippen LogP contribution in [0.25, 0.3) is 11.1 Å². The maximum atomic E-state index is 12.0. The standard InChI is InChI=1S/C51H52Cl2N6O7/c1-32-38(30-65-49-18-47(40(26-56-4)16-44(49)52)63-28-36-14-34(20-54)22-57-24-36)8-6-10-42(32)43-11-7-9-39(33(43)2)31-66-50-19-48(64-29-37-15-35(21-55-3)23-58-25-37)41(17-45(50)53)27-59(5)46(12-13-60)51(61)62/h6-11,14-19,21-25,46,56,60H,12-13,26-31H2,1-5H3,(H,61,62). The molecule has 15 heteroatoms. The molecule has 0 saturated carbocycles. The highest BCUT2D eigenvalue weighted by molar-refractivity contribution is 6.32. The Labute approximate surface area is 395 Å². The monoisotopic (exact) mass is 930 g/mol. The molecule has 0 amide bonds. The molecule has 0 radical (unpaired) electrons. The van der Waals surface area contributed by atoms with Crippen molar-refractivity contribution >= 4 is 35.4 Å². The number of carboxylic acids is 1. The predicted molar refractivity (Wildman–Crippen MR) is 256 cm³/mol. The molecule has 1 atom stereocenters. The van der Waals surface area contributed by atoms with Crippen molar-refractivity contribution in [2.75, 3.05) is 27.7 Å². The first-order chi connectivity index (χ1) is 31.9. The fraction of sp³-hybridized carbons (Fsp3) is 0.275. The van der Waals surface area contributed by atoms with Gasteiger partial charge in [0.05, 0.1) is 15.6 Å². The molecular formula is C51H52Cl2N6O7. The summed E-state index contributed by atoms with van der Waals surface area (Å²) >= 11 is 13.6. The number of halogens is 2. The minimum Gasteiger partial charge on any atom is -0.488 e. The number of pyridine rings is 2. The number of nitrogens with zero attached hydrogens (tertiary/aromatic N) is 5. The van der Waals surface area contributed by atoms with Crippen molar-refractivity contribution in [2.45, 2.75) is 65.8 Å². The zero-order valence-electron chi connectivity index (χ0n) is 37.5. The highest BCUT2D eigenvalue weighted by atomic mass is 35.5. The quantitative estimate of drug-likeness (QED) is 0.0552. The van der Waals surface area contributed by atoms with E-state index in [0.717, 1.165) is 55.6 Å². The van der Waals surface area contributed by atoms with E-state index in [4.69, 9.17) is 42.1 Å². The molecule has 3 N–H and O–H groups in total. The number of nitriles is 1. The molecule has 2 aromatic heterocycles. The minimum absolute atomic E-state index is 0.0590. The Morgan fingerprint density at radius 2 is 1.33 bits per heavy atom. The normalized spacial score (nSPS) is 11.7. The minimum atomic E-state index is -1.04. The number of ether oxygens (including phenoxy) is 4. The van der Waals surface area contributed by atoms with E-state index in [2.05, 4.69) is 52.3 Å². The van der Waals surface area contributed by atoms with Gasteiger partial charge in [0, 0.05) is 97.7 Å². The molecule has 2 heterocycles. The van der Waals surface area contributed by atoms with Gasteiger partial charge >= 0.3 is 5.97 Å². The van der Waals surface area contributed by atoms with Gasteiger partial charge in [-0.1, -0.05) is 59.6 Å². The summed E-state index contributed by atoms with van der Waals surface area (Å²) in [5, 5.41) is 32.6. The van der Waals surface area contributed by atoms with E-state index in [1.807, 2.05) is 43.4 Å². The van der Waals surface area contributed by atoms with Crippen LogP contribution in [0, 0.1) is 25.2 Å². The summed E-state index contributed by atoms with van der Waals surface area (Å²) in [6, 6.07) is 24.1. The van der Waals surface area contributed by atoms with Crippen molar-refractivity contribution in [1.29, 1.82) is 5.26 Å². The lowest BCUT2D eigenvalue weighted by Crippen LogP contribution is -2.38. The number of likely N-dealkylation sites (N-methyl/N-ethyl adjacent to an activating group) is 1. The Kier molecular flexibility index (Phi) is 17.5. The summed E-state index contributed by atoms with van der Waals surface area (Å²) in [5.41, 5.74) is 10.4. The second kappa shape index (κ2) is 23.6. The lowest BCUT2D eigenvalue weighted by Gasteiger charge is -2.25. The molecular weight excluding hydrogens is 880 g/mol. The van der Waals surface area contributed by atoms with Crippen molar-refractivity contribution in [3.05, 3.63) is 163 Å². The van der Waals surface area contributed by atoms with E-state index in [1.165, 1.54) is 6.20 Å². The zero-order valence-corrected chi connectivity index (χ0v) is 39.0. The molecule has 6 aromatic rings. The Balaban J connectivity index is 1.20. The van der Waals surface area contributed by atoms with Crippen LogP contribution in [0.3, 0.4) is 0 Å². The fourth-order valence-corrected chi connectivity index (χ4v) is 7.94. The number of nitrogens with one attached hydrogen (secondary N) is 1. The first-order valence-corrected chi connectivity index (χ1v) is 21.9. The first kappa shape index (κ1) is 48.9. The number of aliphatic carboxylic acids is 1. The van der Waals surface area contributed by atoms with Gasteiger partial charge in [0.1, 0.15) is 61.5 Å². The van der Waals surface area contributed by atoms with Gasteiger partial charge in [-0.25, -0.2) is 0 Å². The molecule has 0 bridgehead atoms. The number of aliphatic hydroxyl groups excluding tert-OH is 1. The molecule has 0 fully saturated rings. The summed E-state index contributed by atoms with van der Waals surface area (Å²) in [7, 11) is 5.21. The molecule has 1 unspecified atom stereocenters. The van der Waals surface area contributed by atoms with Gasteiger partial charge in [-0.3, -0.25) is 24.7 Å². The molecule has 0 aliphatic heterocycles. The first-order valence-electron chi connectivity index (χ1n) is 21.1. The van der Waals surface area contributed by atoms with E-state index < -0.39 is 12.0 Å². The fourth-order valence-electron chi connectivity index (χ4n) is 7.46. The average molecular weight is 932 g/mol. The number of hydrogen-bond donors (Lipinski definition) is 3. The van der Waals surface area contributed by atoms with Crippen LogP contribution in [0.2, 0.25) is 10.0 Å². The maximum absolute atomic E-state index is 12.0. The van der Waals surface area contributed by atoms with Gasteiger partial charge < -0.3 is 34.5 Å². The third kappa shape index (κ3) is 12.6. The van der Waals surface area contributed by atoms with Crippen molar-refractivity contribution in [1.82, 2.24) is 20.2 Å². The highest BCUT2D eigenvalue weighted by Crippen LogP contribution is 2.38. The van der Waals surface area contributed by atoms with Crippen LogP contribution in [0.15, 0.2) is 103 Å². The van der Waals surface area contributed by atoms with Crippen LogP contribution >= 0.6 is 23.2 Å². The number of rotatable bonds is 22. The van der Waals surface area contributed by atoms with Gasteiger partial charge in [-0.2, -0.15) is 5.26 Å². The number of carbonyl (C=O) groups is 1. The Bertz CT molecular complexity index is 2730. The summed E-state index contributed by atoms with van der Waals surface area (Å²) in [4.78, 5) is 26.2. The van der Waals surface area contributed by atoms with Gasteiger partial charge in [0.15, 0.2) is 0 Å². The molecule has 13 nitrogen and oxygen atoms in total. The van der Waals surface area contributed by atoms with E-state index >= 15 is 0 Å². The summed E-state index contributed by atoms with van der Waals surface area (Å²) in [6.45, 7) is 5.39. The predicted octanol–water partition coefficient (Wildman–Crippen LogP) is 9.29. The Morgan fingerprint density at radius 1 is 0.788 bits per heavy atom. The molecule has 4 aromatic carbocycles. The van der Waals surface area contributed by atoms with Crippen molar-refractivity contribution in [2.24, 2.45) is 4.99 Å². The van der Waals surface area contributed by atoms with Crippen LogP contribution in [0.4, 0.5) is 0 Å². The van der Waals surface area contributed by atoms with Crippen LogP contribution in [0.1, 0.15) is 62.1 Å². The van der Waals surface area contributed by atoms with Gasteiger partial charge in [0.2, 0.25) is 0 Å². The number of hydrogen-bond acceptors (Lipinski definition) is 12.